The first-order valence-electron chi connectivity index (χ1n) is 34.0. The molecule has 0 saturated heterocycles. The second kappa shape index (κ2) is 48.6. The summed E-state index contributed by atoms with van der Waals surface area (Å²) in [6.07, 6.45) is 59.8. The normalized spacial score (nSPS) is 11.8. The van der Waals surface area contributed by atoms with Crippen molar-refractivity contribution < 1.29 is 25.9 Å². The molecule has 0 radical (unpaired) electrons. The van der Waals surface area contributed by atoms with Crippen LogP contribution in [-0.2, 0) is 45.9 Å². The molecule has 0 N–H and O–H groups in total. The molecule has 0 saturated carbocycles. The summed E-state index contributed by atoms with van der Waals surface area (Å²) < 4.78 is 73.3. The van der Waals surface area contributed by atoms with Crippen molar-refractivity contribution in [1.82, 2.24) is 0 Å². The minimum atomic E-state index is -4.50. The minimum absolute atomic E-state index is 0. The second-order valence-corrected chi connectivity index (χ2v) is 26.9. The van der Waals surface area contributed by atoms with E-state index in [4.69, 9.17) is 0 Å². The molecule has 0 bridgehead atoms. The standard InChI is InChI=1S/2C36H60O3S.Ca/c2*1-3-5-7-9-11-13-15-17-19-21-23-26-32-27-25-28-33-30-31-35(40(37,38)39)34(36(32)33)29-24-22-20-18-16-14-12-10-8-6-4-2;/h2*25,27-28,30-31H,3-24,26,29H2,1-2H3,(H,37,38,39);/q;;+2/p-2. The third kappa shape index (κ3) is 33.8. The largest absolute Gasteiger partial charge is 2.00 e. The molecule has 0 aliphatic heterocycles. The quantitative estimate of drug-likeness (QED) is 0.0247. The van der Waals surface area contributed by atoms with Crippen molar-refractivity contribution >= 4 is 79.5 Å². The first kappa shape index (κ1) is 75.6. The van der Waals surface area contributed by atoms with Gasteiger partial charge in [-0.3, -0.25) is 0 Å². The number of fused-ring (bicyclic) bond motifs is 2. The maximum absolute atomic E-state index is 12.2. The molecule has 6 nitrogen and oxygen atoms in total. The van der Waals surface area contributed by atoms with Crippen LogP contribution in [0.25, 0.3) is 21.5 Å². The van der Waals surface area contributed by atoms with Gasteiger partial charge in [-0.2, -0.15) is 0 Å². The van der Waals surface area contributed by atoms with Crippen LogP contribution >= 0.6 is 0 Å². The van der Waals surface area contributed by atoms with Crippen LogP contribution < -0.4 is 0 Å². The van der Waals surface area contributed by atoms with Crippen LogP contribution in [0, 0.1) is 0 Å². The fraction of sp³-hybridized carbons (Fsp3) is 0.722. The summed E-state index contributed by atoms with van der Waals surface area (Å²) in [4.78, 5) is -0.00284. The van der Waals surface area contributed by atoms with Crippen LogP contribution in [0.3, 0.4) is 0 Å². The van der Waals surface area contributed by atoms with Crippen molar-refractivity contribution in [2.24, 2.45) is 0 Å². The fourth-order valence-corrected chi connectivity index (χ4v) is 13.8. The van der Waals surface area contributed by atoms with E-state index in [2.05, 4.69) is 64.1 Å². The molecular formula is C72H118CaO6S2. The van der Waals surface area contributed by atoms with Gasteiger partial charge in [-0.25, -0.2) is 16.8 Å². The summed E-state index contributed by atoms with van der Waals surface area (Å²) in [6.45, 7) is 9.05. The van der Waals surface area contributed by atoms with Crippen molar-refractivity contribution in [3.05, 3.63) is 82.9 Å². The topological polar surface area (TPSA) is 114 Å². The van der Waals surface area contributed by atoms with E-state index < -0.39 is 20.2 Å². The molecule has 9 heteroatoms. The van der Waals surface area contributed by atoms with E-state index in [0.717, 1.165) is 84.0 Å². The third-order valence-electron chi connectivity index (χ3n) is 17.1. The number of aryl methyl sites for hydroxylation is 4. The zero-order chi connectivity index (χ0) is 57.8. The number of unbranched alkanes of at least 4 members (excludes halogenated alkanes) is 40. The molecule has 4 aromatic carbocycles. The van der Waals surface area contributed by atoms with E-state index >= 15 is 0 Å². The number of benzene rings is 4. The molecule has 456 valence electrons. The Labute approximate surface area is 529 Å². The Kier molecular flexibility index (Phi) is 45.3. The summed E-state index contributed by atoms with van der Waals surface area (Å²) >= 11 is 0. The first-order chi connectivity index (χ1) is 39.0. The fourth-order valence-electron chi connectivity index (χ4n) is 12.3. The number of hydrogen-bond acceptors (Lipinski definition) is 6. The summed E-state index contributed by atoms with van der Waals surface area (Å²) in [5, 5.41) is 4.18. The summed E-state index contributed by atoms with van der Waals surface area (Å²) in [5.41, 5.74) is 3.94. The third-order valence-corrected chi connectivity index (χ3v) is 18.9. The van der Waals surface area contributed by atoms with Gasteiger partial charge < -0.3 is 9.11 Å². The molecule has 4 rings (SSSR count). The Balaban J connectivity index is 0.000000547. The van der Waals surface area contributed by atoms with E-state index in [9.17, 15) is 25.9 Å². The summed E-state index contributed by atoms with van der Waals surface area (Å²) in [6, 6.07) is 19.3. The average Bonchev–Trinajstić information content (AvgIpc) is 3.47. The van der Waals surface area contributed by atoms with Gasteiger partial charge in [-0.1, -0.05) is 333 Å². The van der Waals surface area contributed by atoms with E-state index in [1.54, 1.807) is 12.1 Å². The molecule has 0 heterocycles. The Bertz CT molecular complexity index is 2230. The van der Waals surface area contributed by atoms with Gasteiger partial charge in [0.05, 0.1) is 9.79 Å². The second-order valence-electron chi connectivity index (χ2n) is 24.2. The molecule has 0 fully saturated rings. The Hall–Kier alpha value is -1.52. The van der Waals surface area contributed by atoms with Crippen molar-refractivity contribution in [1.29, 1.82) is 0 Å². The molecule has 81 heavy (non-hydrogen) atoms. The van der Waals surface area contributed by atoms with Gasteiger partial charge in [0.15, 0.2) is 0 Å². The van der Waals surface area contributed by atoms with Crippen molar-refractivity contribution in [2.75, 3.05) is 0 Å². The van der Waals surface area contributed by atoms with Crippen molar-refractivity contribution in [2.45, 2.75) is 346 Å². The maximum atomic E-state index is 12.2. The zero-order valence-electron chi connectivity index (χ0n) is 52.7. The van der Waals surface area contributed by atoms with Gasteiger partial charge in [0.1, 0.15) is 20.2 Å². The van der Waals surface area contributed by atoms with E-state index in [0.29, 0.717) is 12.8 Å². The van der Waals surface area contributed by atoms with Gasteiger partial charge in [0.25, 0.3) is 0 Å². The maximum Gasteiger partial charge on any atom is 2.00 e. The molecule has 4 aromatic rings. The molecule has 0 aliphatic carbocycles. The summed E-state index contributed by atoms with van der Waals surface area (Å²) in [7, 11) is -9.00. The first-order valence-corrected chi connectivity index (χ1v) is 36.8. The Morgan fingerprint density at radius 2 is 0.481 bits per heavy atom. The molecule has 0 atom stereocenters. The molecule has 0 spiro atoms. The number of rotatable bonds is 50. The van der Waals surface area contributed by atoms with Crippen molar-refractivity contribution in [3.63, 3.8) is 0 Å². The van der Waals surface area contributed by atoms with Crippen LogP contribution in [0.1, 0.15) is 332 Å². The van der Waals surface area contributed by atoms with E-state index in [1.165, 1.54) is 255 Å². The van der Waals surface area contributed by atoms with Gasteiger partial charge in [0.2, 0.25) is 0 Å². The van der Waals surface area contributed by atoms with Crippen LogP contribution in [0.4, 0.5) is 0 Å². The minimum Gasteiger partial charge on any atom is -0.744 e. The Morgan fingerprint density at radius 3 is 0.704 bits per heavy atom. The predicted molar refractivity (Wildman–Crippen MR) is 350 cm³/mol. The summed E-state index contributed by atoms with van der Waals surface area (Å²) in [5.74, 6) is 0. The van der Waals surface area contributed by atoms with Gasteiger partial charge >= 0.3 is 37.7 Å². The SMILES string of the molecule is CCCCCCCCCCCCCc1cccc2ccc(S(=O)(=O)[O-])c(CCCCCCCCCCCCC)c12.CCCCCCCCCCCCCc1cccc2ccc(S(=O)(=O)[O-])c(CCCCCCCCCCCCC)c12.[Ca+2]. The van der Waals surface area contributed by atoms with E-state index in [-0.39, 0.29) is 47.5 Å². The van der Waals surface area contributed by atoms with E-state index in [1.807, 2.05) is 12.1 Å². The smallest absolute Gasteiger partial charge is 0.744 e. The average molecular weight is 1180 g/mol. The monoisotopic (exact) mass is 1180 g/mol. The zero-order valence-corrected chi connectivity index (χ0v) is 56.5. The number of hydrogen-bond donors (Lipinski definition) is 0. The van der Waals surface area contributed by atoms with Crippen LogP contribution in [0.15, 0.2) is 70.5 Å². The van der Waals surface area contributed by atoms with Crippen molar-refractivity contribution in [3.8, 4) is 0 Å². The van der Waals surface area contributed by atoms with Crippen LogP contribution in [0.2, 0.25) is 0 Å². The van der Waals surface area contributed by atoms with Crippen LogP contribution in [-0.4, -0.2) is 63.7 Å². The van der Waals surface area contributed by atoms with Gasteiger partial charge in [-0.05, 0) is 107 Å². The molecule has 0 unspecified atom stereocenters. The predicted octanol–water partition coefficient (Wildman–Crippen LogP) is 22.5. The molecular weight excluding hydrogens is 1060 g/mol. The molecule has 0 aromatic heterocycles. The van der Waals surface area contributed by atoms with Gasteiger partial charge in [0, 0.05) is 0 Å². The van der Waals surface area contributed by atoms with Crippen LogP contribution in [0.5, 0.6) is 0 Å². The molecule has 0 aliphatic rings. The van der Waals surface area contributed by atoms with Gasteiger partial charge in [-0.15, -0.1) is 0 Å². The Morgan fingerprint density at radius 1 is 0.272 bits per heavy atom. The molecule has 0 amide bonds.